The molecule has 4 aliphatic carbocycles. The number of ketones is 1. The molecule has 4 N–H and O–H groups in total. The Bertz CT molecular complexity index is 1140. The van der Waals surface area contributed by atoms with Gasteiger partial charge in [0.15, 0.2) is 11.4 Å². The van der Waals surface area contributed by atoms with Gasteiger partial charge in [0.25, 0.3) is 0 Å². The Morgan fingerprint density at radius 2 is 1.77 bits per heavy atom. The van der Waals surface area contributed by atoms with Crippen molar-refractivity contribution in [1.82, 2.24) is 5.32 Å². The van der Waals surface area contributed by atoms with Crippen molar-refractivity contribution in [3.05, 3.63) is 10.4 Å². The molecule has 0 saturated heterocycles. The molecule has 1 unspecified atom stereocenters. The van der Waals surface area contributed by atoms with Gasteiger partial charge in [0.2, 0.25) is 5.91 Å². The highest BCUT2D eigenvalue weighted by atomic mass is 16.3. The second-order valence-electron chi connectivity index (χ2n) is 15.3. The number of nitrogens with one attached hydrogen (secondary N) is 1. The number of amides is 1. The molecular formula is C32H52N6O5. The number of nitrogens with zero attached hydrogens (tertiary/aromatic N) is 5. The lowest BCUT2D eigenvalue weighted by Crippen LogP contribution is -2.62. The first-order valence-corrected chi connectivity index (χ1v) is 16.6. The summed E-state index contributed by atoms with van der Waals surface area (Å²) in [5, 5.41) is 48.1. The molecule has 1 aliphatic heterocycles. The van der Waals surface area contributed by atoms with Crippen LogP contribution in [0.2, 0.25) is 0 Å². The lowest BCUT2D eigenvalue weighted by molar-refractivity contribution is -0.207. The van der Waals surface area contributed by atoms with Crippen LogP contribution in [0.3, 0.4) is 0 Å². The van der Waals surface area contributed by atoms with Crippen molar-refractivity contribution < 1.29 is 24.9 Å². The number of rotatable bonds is 12. The molecule has 0 aromatic carbocycles. The van der Waals surface area contributed by atoms with Crippen LogP contribution < -0.4 is 5.32 Å². The first kappa shape index (κ1) is 32.3. The van der Waals surface area contributed by atoms with E-state index in [9.17, 15) is 24.9 Å². The van der Waals surface area contributed by atoms with E-state index >= 15 is 0 Å². The number of Topliss-reactive ketones (excluding diaryl/α,β-unsaturated/α-hetero) is 1. The van der Waals surface area contributed by atoms with Gasteiger partial charge in [-0.05, 0) is 123 Å². The summed E-state index contributed by atoms with van der Waals surface area (Å²) in [6.45, 7) is 8.71. The fourth-order valence-electron chi connectivity index (χ4n) is 10.3. The molecule has 4 fully saturated rings. The van der Waals surface area contributed by atoms with Gasteiger partial charge in [0.05, 0.1) is 24.4 Å². The zero-order valence-electron chi connectivity index (χ0n) is 26.4. The SMILES string of the molecule is C[C@H](CCC(=O)NC(CCC1(C)N=N1)C(=O)CCN=[N+]=[N-])[C@H]1CC[C@H]2[C@@H]3[C@H](O)C[C@@H]4C[C@H](O)CC[C@]4(C)[C@H]3C[C@H](O)[C@]12C. The van der Waals surface area contributed by atoms with Gasteiger partial charge in [0, 0.05) is 24.3 Å². The Kier molecular flexibility index (Phi) is 9.30. The summed E-state index contributed by atoms with van der Waals surface area (Å²) in [4.78, 5) is 28.6. The molecular weight excluding hydrogens is 548 g/mol. The molecule has 240 valence electrons. The molecule has 5 rings (SSSR count). The third-order valence-electron chi connectivity index (χ3n) is 12.9. The van der Waals surface area contributed by atoms with Gasteiger partial charge in [-0.1, -0.05) is 25.9 Å². The Morgan fingerprint density at radius 3 is 2.47 bits per heavy atom. The highest BCUT2D eigenvalue weighted by molar-refractivity contribution is 5.89. The summed E-state index contributed by atoms with van der Waals surface area (Å²) in [5.74, 6) is 1.06. The minimum atomic E-state index is -0.663. The molecule has 0 aromatic heterocycles. The van der Waals surface area contributed by atoms with E-state index in [2.05, 4.69) is 46.3 Å². The Labute approximate surface area is 255 Å². The lowest BCUT2D eigenvalue weighted by atomic mass is 9.43. The van der Waals surface area contributed by atoms with Crippen molar-refractivity contribution in [3.8, 4) is 0 Å². The van der Waals surface area contributed by atoms with E-state index in [0.29, 0.717) is 31.6 Å². The van der Waals surface area contributed by atoms with E-state index < -0.39 is 23.9 Å². The van der Waals surface area contributed by atoms with E-state index in [1.54, 1.807) is 0 Å². The number of carbonyl (C=O) groups excluding carboxylic acids is 2. The normalized spacial score (nSPS) is 42.0. The van der Waals surface area contributed by atoms with Gasteiger partial charge in [-0.15, -0.1) is 0 Å². The smallest absolute Gasteiger partial charge is 0.220 e. The first-order chi connectivity index (χ1) is 20.3. The summed E-state index contributed by atoms with van der Waals surface area (Å²) in [7, 11) is 0. The number of carbonyl (C=O) groups is 2. The molecule has 5 aliphatic rings. The van der Waals surface area contributed by atoms with Crippen molar-refractivity contribution in [2.75, 3.05) is 6.54 Å². The highest BCUT2D eigenvalue weighted by Crippen LogP contribution is 2.68. The maximum atomic E-state index is 13.1. The lowest BCUT2D eigenvalue weighted by Gasteiger charge is -2.63. The molecule has 43 heavy (non-hydrogen) atoms. The van der Waals surface area contributed by atoms with Gasteiger partial charge in [-0.3, -0.25) is 9.59 Å². The minimum Gasteiger partial charge on any atom is -0.393 e. The van der Waals surface area contributed by atoms with Crippen LogP contribution in [0.25, 0.3) is 10.4 Å². The number of fused-ring (bicyclic) bond motifs is 5. The van der Waals surface area contributed by atoms with Crippen molar-refractivity contribution in [1.29, 1.82) is 0 Å². The highest BCUT2D eigenvalue weighted by Gasteiger charge is 2.65. The van der Waals surface area contributed by atoms with Crippen LogP contribution in [0.1, 0.15) is 105 Å². The second kappa shape index (κ2) is 12.4. The third-order valence-corrected chi connectivity index (χ3v) is 12.9. The van der Waals surface area contributed by atoms with E-state index in [-0.39, 0.29) is 77.6 Å². The predicted molar refractivity (Wildman–Crippen MR) is 160 cm³/mol. The van der Waals surface area contributed by atoms with E-state index in [4.69, 9.17) is 5.53 Å². The van der Waals surface area contributed by atoms with Crippen molar-refractivity contribution in [2.24, 2.45) is 61.7 Å². The Balaban J connectivity index is 1.21. The summed E-state index contributed by atoms with van der Waals surface area (Å²) >= 11 is 0. The molecule has 0 bridgehead atoms. The zero-order chi connectivity index (χ0) is 31.2. The van der Waals surface area contributed by atoms with E-state index in [1.165, 1.54) is 0 Å². The molecule has 12 atom stereocenters. The van der Waals surface area contributed by atoms with E-state index in [0.717, 1.165) is 38.5 Å². The molecule has 4 saturated carbocycles. The topological polar surface area (TPSA) is 180 Å². The van der Waals surface area contributed by atoms with Crippen molar-refractivity contribution in [3.63, 3.8) is 0 Å². The largest absolute Gasteiger partial charge is 0.393 e. The quantitative estimate of drug-likeness (QED) is 0.138. The predicted octanol–water partition coefficient (Wildman–Crippen LogP) is 5.08. The maximum Gasteiger partial charge on any atom is 0.220 e. The maximum absolute atomic E-state index is 13.1. The Hall–Kier alpha value is -2.07. The average Bonchev–Trinajstić information content (AvgIpc) is 3.59. The van der Waals surface area contributed by atoms with Crippen LogP contribution in [0, 0.1) is 46.3 Å². The number of aliphatic hydroxyl groups excluding tert-OH is 3. The minimum absolute atomic E-state index is 0.0429. The summed E-state index contributed by atoms with van der Waals surface area (Å²) in [6, 6.07) is -0.663. The standard InChI is InChI=1S/C32H52N6O5/c1-18(5-8-28(43)35-24(10-13-31(3)36-37-31)25(40)11-14-34-38-33)21-6-7-22-29-23(17-27(42)32(21,22)4)30(2)12-9-20(39)15-19(30)16-26(29)41/h18-24,26-27,29,39,41-42H,5-17H2,1-4H3,(H,35,43)/t18-,19+,20-,21-,22+,23+,24?,26-,27+,29+,30+,32-/m1/s1. The van der Waals surface area contributed by atoms with Gasteiger partial charge >= 0.3 is 0 Å². The van der Waals surface area contributed by atoms with Crippen LogP contribution in [-0.4, -0.2) is 63.6 Å². The third kappa shape index (κ3) is 6.24. The molecule has 0 spiro atoms. The monoisotopic (exact) mass is 600 g/mol. The number of hydrogen-bond donors (Lipinski definition) is 4. The molecule has 11 heteroatoms. The van der Waals surface area contributed by atoms with Gasteiger partial charge < -0.3 is 20.6 Å². The summed E-state index contributed by atoms with van der Waals surface area (Å²) in [5.41, 5.74) is 7.81. The van der Waals surface area contributed by atoms with Crippen LogP contribution in [-0.2, 0) is 9.59 Å². The molecule has 0 aromatic rings. The van der Waals surface area contributed by atoms with Crippen LogP contribution in [0.5, 0.6) is 0 Å². The Morgan fingerprint density at radius 1 is 1.02 bits per heavy atom. The number of aliphatic hydroxyl groups is 3. The molecule has 1 heterocycles. The molecule has 1 amide bonds. The fraction of sp³-hybridized carbons (Fsp3) is 0.938. The summed E-state index contributed by atoms with van der Waals surface area (Å²) < 4.78 is 0. The van der Waals surface area contributed by atoms with Crippen molar-refractivity contribution >= 4 is 11.7 Å². The van der Waals surface area contributed by atoms with Crippen molar-refractivity contribution in [2.45, 2.75) is 135 Å². The van der Waals surface area contributed by atoms with Crippen LogP contribution >= 0.6 is 0 Å². The first-order valence-electron chi connectivity index (χ1n) is 16.6. The molecule has 0 radical (unpaired) electrons. The van der Waals surface area contributed by atoms with Gasteiger partial charge in [0.1, 0.15) is 0 Å². The van der Waals surface area contributed by atoms with E-state index in [1.807, 2.05) is 6.92 Å². The second-order valence-corrected chi connectivity index (χ2v) is 15.3. The molecule has 11 nitrogen and oxygen atoms in total. The number of azide groups is 1. The van der Waals surface area contributed by atoms with Crippen LogP contribution in [0.4, 0.5) is 0 Å². The zero-order valence-corrected chi connectivity index (χ0v) is 26.4. The fourth-order valence-corrected chi connectivity index (χ4v) is 10.3. The summed E-state index contributed by atoms with van der Waals surface area (Å²) in [6.07, 6.45) is 6.75. The number of hydrogen-bond acceptors (Lipinski definition) is 8. The van der Waals surface area contributed by atoms with Crippen LogP contribution in [0.15, 0.2) is 15.3 Å². The van der Waals surface area contributed by atoms with Gasteiger partial charge in [-0.2, -0.15) is 10.2 Å². The average molecular weight is 601 g/mol. The van der Waals surface area contributed by atoms with Gasteiger partial charge in [-0.25, -0.2) is 0 Å².